The van der Waals surface area contributed by atoms with Crippen LogP contribution in [-0.2, 0) is 9.59 Å². The Morgan fingerprint density at radius 2 is 2.04 bits per heavy atom. The van der Waals surface area contributed by atoms with Crippen molar-refractivity contribution in [3.63, 3.8) is 0 Å². The maximum atomic E-state index is 12.8. The summed E-state index contributed by atoms with van der Waals surface area (Å²) in [5.74, 6) is -0.217. The Balaban J connectivity index is 1.73. The van der Waals surface area contributed by atoms with Crippen LogP contribution in [0.25, 0.3) is 6.08 Å². The van der Waals surface area contributed by atoms with Crippen LogP contribution in [0.4, 0.5) is 4.39 Å². The highest BCUT2D eigenvalue weighted by Crippen LogP contribution is 2.11. The van der Waals surface area contributed by atoms with E-state index < -0.39 is 0 Å². The molecule has 1 fully saturated rings. The van der Waals surface area contributed by atoms with Gasteiger partial charge in [0.1, 0.15) is 5.82 Å². The van der Waals surface area contributed by atoms with Crippen LogP contribution >= 0.6 is 0 Å². The molecule has 1 aromatic rings. The second-order valence-corrected chi connectivity index (χ2v) is 5.83. The number of carbonyl (C=O) groups excluding carboxylic acids is 2. The van der Waals surface area contributed by atoms with Crippen molar-refractivity contribution >= 4 is 17.9 Å². The van der Waals surface area contributed by atoms with Crippen molar-refractivity contribution in [1.82, 2.24) is 10.2 Å². The molecule has 1 N–H and O–H groups in total. The van der Waals surface area contributed by atoms with Gasteiger partial charge in [-0.15, -0.1) is 0 Å². The molecule has 2 amide bonds. The average molecular weight is 318 g/mol. The van der Waals surface area contributed by atoms with Gasteiger partial charge in [-0.1, -0.05) is 12.1 Å². The summed E-state index contributed by atoms with van der Waals surface area (Å²) in [6.07, 6.45) is 5.17. The number of nitrogens with one attached hydrogen (secondary N) is 1. The molecule has 1 aliphatic heterocycles. The van der Waals surface area contributed by atoms with Crippen LogP contribution in [0.5, 0.6) is 0 Å². The van der Waals surface area contributed by atoms with Gasteiger partial charge >= 0.3 is 0 Å². The second-order valence-electron chi connectivity index (χ2n) is 5.83. The molecule has 124 valence electrons. The molecule has 0 bridgehead atoms. The fraction of sp³-hybridized carbons (Fsp3) is 0.444. The predicted molar refractivity (Wildman–Crippen MR) is 88.1 cm³/mol. The van der Waals surface area contributed by atoms with Gasteiger partial charge in [0.15, 0.2) is 0 Å². The first-order valence-corrected chi connectivity index (χ1v) is 8.06. The predicted octanol–water partition coefficient (Wildman–Crippen LogP) is 2.75. The van der Waals surface area contributed by atoms with Crippen molar-refractivity contribution in [3.8, 4) is 0 Å². The van der Waals surface area contributed by atoms with E-state index in [1.54, 1.807) is 25.1 Å². The van der Waals surface area contributed by atoms with Crippen molar-refractivity contribution in [2.75, 3.05) is 19.6 Å². The number of carbonyl (C=O) groups is 2. The highest BCUT2D eigenvalue weighted by molar-refractivity contribution is 5.97. The summed E-state index contributed by atoms with van der Waals surface area (Å²) in [5.41, 5.74) is 1.36. The van der Waals surface area contributed by atoms with E-state index in [9.17, 15) is 14.0 Å². The van der Waals surface area contributed by atoms with Crippen molar-refractivity contribution in [2.24, 2.45) is 0 Å². The van der Waals surface area contributed by atoms with Crippen LogP contribution in [0.1, 0.15) is 38.2 Å². The fourth-order valence-electron chi connectivity index (χ4n) is 2.58. The lowest BCUT2D eigenvalue weighted by molar-refractivity contribution is -0.133. The monoisotopic (exact) mass is 318 g/mol. The van der Waals surface area contributed by atoms with Gasteiger partial charge < -0.3 is 10.2 Å². The Morgan fingerprint density at radius 3 is 2.74 bits per heavy atom. The Kier molecular flexibility index (Phi) is 6.32. The Morgan fingerprint density at radius 1 is 1.30 bits per heavy atom. The minimum atomic E-state index is -0.295. The first kappa shape index (κ1) is 17.2. The van der Waals surface area contributed by atoms with Gasteiger partial charge in [0.25, 0.3) is 0 Å². The quantitative estimate of drug-likeness (QED) is 0.648. The number of amides is 2. The zero-order chi connectivity index (χ0) is 16.7. The lowest BCUT2D eigenvalue weighted by atomic mass is 10.1. The number of piperidine rings is 1. The molecule has 0 atom stereocenters. The normalized spacial score (nSPS) is 15.7. The lowest BCUT2D eigenvalue weighted by Crippen LogP contribution is -2.37. The van der Waals surface area contributed by atoms with Crippen LogP contribution in [0.3, 0.4) is 0 Å². The van der Waals surface area contributed by atoms with Crippen LogP contribution in [0.2, 0.25) is 0 Å². The second kappa shape index (κ2) is 8.46. The summed E-state index contributed by atoms with van der Waals surface area (Å²) in [6.45, 7) is 3.79. The molecule has 23 heavy (non-hydrogen) atoms. The van der Waals surface area contributed by atoms with Crippen molar-refractivity contribution in [1.29, 1.82) is 0 Å². The van der Waals surface area contributed by atoms with E-state index in [1.807, 2.05) is 4.90 Å². The number of likely N-dealkylation sites (tertiary alicyclic amines) is 1. The Hall–Kier alpha value is -2.17. The molecule has 0 spiro atoms. The van der Waals surface area contributed by atoms with Crippen LogP contribution in [0, 0.1) is 5.82 Å². The van der Waals surface area contributed by atoms with E-state index in [1.165, 1.54) is 12.1 Å². The first-order valence-electron chi connectivity index (χ1n) is 8.06. The zero-order valence-corrected chi connectivity index (χ0v) is 13.5. The average Bonchev–Trinajstić information content (AvgIpc) is 2.55. The van der Waals surface area contributed by atoms with Crippen molar-refractivity contribution in [3.05, 3.63) is 41.2 Å². The molecule has 0 aliphatic carbocycles. The third-order valence-electron chi connectivity index (χ3n) is 3.92. The number of hydrogen-bond acceptors (Lipinski definition) is 2. The Labute approximate surface area is 136 Å². The number of hydrogen-bond donors (Lipinski definition) is 1. The number of halogens is 1. The van der Waals surface area contributed by atoms with Gasteiger partial charge in [-0.05, 0) is 50.0 Å². The SMILES string of the molecule is CC(=Cc1ccc(F)cc1)C(=O)NCCCN1CCCCC1=O. The molecule has 1 aromatic carbocycles. The largest absolute Gasteiger partial charge is 0.352 e. The Bertz CT molecular complexity index is 581. The van der Waals surface area contributed by atoms with E-state index >= 15 is 0 Å². The molecule has 0 radical (unpaired) electrons. The van der Waals surface area contributed by atoms with E-state index in [4.69, 9.17) is 0 Å². The molecule has 4 nitrogen and oxygen atoms in total. The molecule has 1 saturated heterocycles. The fourth-order valence-corrected chi connectivity index (χ4v) is 2.58. The summed E-state index contributed by atoms with van der Waals surface area (Å²) in [5, 5.41) is 2.85. The minimum absolute atomic E-state index is 0.140. The maximum absolute atomic E-state index is 12.8. The first-order chi connectivity index (χ1) is 11.1. The van der Waals surface area contributed by atoms with Crippen LogP contribution in [0.15, 0.2) is 29.8 Å². The van der Waals surface area contributed by atoms with Gasteiger partial charge in [-0.25, -0.2) is 4.39 Å². The molecule has 2 rings (SSSR count). The minimum Gasteiger partial charge on any atom is -0.352 e. The molecule has 0 saturated carbocycles. The van der Waals surface area contributed by atoms with Gasteiger partial charge in [0.2, 0.25) is 11.8 Å². The highest BCUT2D eigenvalue weighted by atomic mass is 19.1. The van der Waals surface area contributed by atoms with Gasteiger partial charge in [0.05, 0.1) is 0 Å². The standard InChI is InChI=1S/C18H23FN2O2/c1-14(13-15-6-8-16(19)9-7-15)18(23)20-10-4-12-21-11-3-2-5-17(21)22/h6-9,13H,2-5,10-12H2,1H3,(H,20,23). The van der Waals surface area contributed by atoms with Crippen LogP contribution in [-0.4, -0.2) is 36.3 Å². The summed E-state index contributed by atoms with van der Waals surface area (Å²) < 4.78 is 12.8. The molecule has 0 aromatic heterocycles. The topological polar surface area (TPSA) is 49.4 Å². The smallest absolute Gasteiger partial charge is 0.246 e. The highest BCUT2D eigenvalue weighted by Gasteiger charge is 2.17. The van der Waals surface area contributed by atoms with E-state index in [0.29, 0.717) is 25.1 Å². The summed E-state index contributed by atoms with van der Waals surface area (Å²) in [7, 11) is 0. The van der Waals surface area contributed by atoms with Gasteiger partial charge in [0, 0.05) is 31.6 Å². The molecule has 1 aliphatic rings. The van der Waals surface area contributed by atoms with Crippen molar-refractivity contribution < 1.29 is 14.0 Å². The molecule has 1 heterocycles. The van der Waals surface area contributed by atoms with E-state index in [-0.39, 0.29) is 17.6 Å². The third kappa shape index (κ3) is 5.51. The number of nitrogens with zero attached hydrogens (tertiary/aromatic N) is 1. The molecular weight excluding hydrogens is 295 g/mol. The van der Waals surface area contributed by atoms with Crippen LogP contribution < -0.4 is 5.32 Å². The number of rotatable bonds is 6. The maximum Gasteiger partial charge on any atom is 0.246 e. The van der Waals surface area contributed by atoms with Crippen molar-refractivity contribution in [2.45, 2.75) is 32.6 Å². The van der Waals surface area contributed by atoms with E-state index in [0.717, 1.165) is 31.4 Å². The molecule has 0 unspecified atom stereocenters. The zero-order valence-electron chi connectivity index (χ0n) is 13.5. The molecule has 5 heteroatoms. The van der Waals surface area contributed by atoms with Gasteiger partial charge in [-0.3, -0.25) is 9.59 Å². The van der Waals surface area contributed by atoms with E-state index in [2.05, 4.69) is 5.32 Å². The molecular formula is C18H23FN2O2. The number of benzene rings is 1. The lowest BCUT2D eigenvalue weighted by Gasteiger charge is -2.26. The summed E-state index contributed by atoms with van der Waals surface area (Å²) in [4.78, 5) is 25.5. The summed E-state index contributed by atoms with van der Waals surface area (Å²) >= 11 is 0. The summed E-state index contributed by atoms with van der Waals surface area (Å²) in [6, 6.07) is 6.00. The van der Waals surface area contributed by atoms with Gasteiger partial charge in [-0.2, -0.15) is 0 Å². The third-order valence-corrected chi connectivity index (χ3v) is 3.92.